The minimum Gasteiger partial charge on any atom is -0.215 e. The third-order valence-electron chi connectivity index (χ3n) is 3.03. The fourth-order valence-electron chi connectivity index (χ4n) is 2.14. The van der Waals surface area contributed by atoms with Gasteiger partial charge in [0.05, 0.1) is 17.3 Å². The molecule has 7 nitrogen and oxygen atoms in total. The SMILES string of the molecule is Cc1nc2c(cnn2-c2ccccc2)c2nnnn12. The minimum absolute atomic E-state index is 0.671. The Hall–Kier alpha value is -2.83. The molecule has 0 amide bonds. The fourth-order valence-corrected chi connectivity index (χ4v) is 2.14. The zero-order valence-electron chi connectivity index (χ0n) is 10.1. The van der Waals surface area contributed by atoms with Gasteiger partial charge in [0.2, 0.25) is 0 Å². The van der Waals surface area contributed by atoms with Gasteiger partial charge in [-0.3, -0.25) is 0 Å². The van der Waals surface area contributed by atoms with Crippen molar-refractivity contribution >= 4 is 16.7 Å². The lowest BCUT2D eigenvalue weighted by atomic mass is 10.3. The molecule has 0 unspecified atom stereocenters. The topological polar surface area (TPSA) is 73.8 Å². The highest BCUT2D eigenvalue weighted by molar-refractivity contribution is 5.89. The van der Waals surface area contributed by atoms with Crippen LogP contribution in [0.25, 0.3) is 22.4 Å². The van der Waals surface area contributed by atoms with E-state index in [4.69, 9.17) is 0 Å². The lowest BCUT2D eigenvalue weighted by molar-refractivity contribution is 0.781. The standard InChI is InChI=1S/C12H9N7/c1-8-14-11-10(12-15-16-17-18(8)12)7-13-19(11)9-5-3-2-4-6-9/h2-7H,1H3. The van der Waals surface area contributed by atoms with Crippen molar-refractivity contribution in [3.05, 3.63) is 42.4 Å². The highest BCUT2D eigenvalue weighted by atomic mass is 15.5. The molecular formula is C12H9N7. The van der Waals surface area contributed by atoms with E-state index < -0.39 is 0 Å². The summed E-state index contributed by atoms with van der Waals surface area (Å²) in [4.78, 5) is 4.53. The second-order valence-corrected chi connectivity index (χ2v) is 4.20. The van der Waals surface area contributed by atoms with E-state index in [0.29, 0.717) is 5.65 Å². The number of aryl methyl sites for hydroxylation is 1. The molecule has 0 spiro atoms. The number of hydrogen-bond acceptors (Lipinski definition) is 5. The highest BCUT2D eigenvalue weighted by Gasteiger charge is 2.13. The van der Waals surface area contributed by atoms with Crippen molar-refractivity contribution in [1.82, 2.24) is 34.8 Å². The number of rotatable bonds is 1. The molecule has 4 rings (SSSR count). The summed E-state index contributed by atoms with van der Waals surface area (Å²) in [5.41, 5.74) is 2.39. The van der Waals surface area contributed by atoms with E-state index >= 15 is 0 Å². The van der Waals surface area contributed by atoms with Gasteiger partial charge >= 0.3 is 0 Å². The van der Waals surface area contributed by atoms with Gasteiger partial charge in [0, 0.05) is 0 Å². The van der Waals surface area contributed by atoms with E-state index in [9.17, 15) is 0 Å². The molecule has 4 aromatic rings. The van der Waals surface area contributed by atoms with E-state index in [1.165, 1.54) is 0 Å². The maximum Gasteiger partial charge on any atom is 0.193 e. The van der Waals surface area contributed by atoms with E-state index in [0.717, 1.165) is 22.5 Å². The van der Waals surface area contributed by atoms with Crippen molar-refractivity contribution < 1.29 is 0 Å². The smallest absolute Gasteiger partial charge is 0.193 e. The minimum atomic E-state index is 0.671. The van der Waals surface area contributed by atoms with Crippen LogP contribution in [0.3, 0.4) is 0 Å². The van der Waals surface area contributed by atoms with Gasteiger partial charge < -0.3 is 0 Å². The average molecular weight is 251 g/mol. The van der Waals surface area contributed by atoms with Crippen LogP contribution in [0.5, 0.6) is 0 Å². The molecule has 0 saturated heterocycles. The summed E-state index contributed by atoms with van der Waals surface area (Å²) in [7, 11) is 0. The van der Waals surface area contributed by atoms with Gasteiger partial charge in [0.15, 0.2) is 11.3 Å². The molecular weight excluding hydrogens is 242 g/mol. The first-order chi connectivity index (χ1) is 9.34. The first kappa shape index (κ1) is 10.1. The maximum atomic E-state index is 4.53. The Morgan fingerprint density at radius 1 is 1.05 bits per heavy atom. The van der Waals surface area contributed by atoms with E-state index in [-0.39, 0.29) is 0 Å². The van der Waals surface area contributed by atoms with Gasteiger partial charge in [0.1, 0.15) is 5.82 Å². The summed E-state index contributed by atoms with van der Waals surface area (Å²) in [6.07, 6.45) is 1.74. The summed E-state index contributed by atoms with van der Waals surface area (Å²) in [6, 6.07) is 9.86. The van der Waals surface area contributed by atoms with Crippen LogP contribution in [0.2, 0.25) is 0 Å². The third kappa shape index (κ3) is 1.35. The number of benzene rings is 1. The molecule has 19 heavy (non-hydrogen) atoms. The maximum absolute atomic E-state index is 4.53. The first-order valence-corrected chi connectivity index (χ1v) is 5.82. The summed E-state index contributed by atoms with van der Waals surface area (Å²) >= 11 is 0. The number of nitrogens with zero attached hydrogens (tertiary/aromatic N) is 7. The number of fused-ring (bicyclic) bond motifs is 3. The molecule has 0 atom stereocenters. The van der Waals surface area contributed by atoms with Crippen LogP contribution >= 0.6 is 0 Å². The third-order valence-corrected chi connectivity index (χ3v) is 3.03. The van der Waals surface area contributed by atoms with Crippen LogP contribution in [-0.2, 0) is 0 Å². The second kappa shape index (κ2) is 3.58. The normalized spacial score (nSPS) is 11.4. The predicted molar refractivity (Wildman–Crippen MR) is 67.9 cm³/mol. The zero-order chi connectivity index (χ0) is 12.8. The molecule has 0 N–H and O–H groups in total. The van der Waals surface area contributed by atoms with Gasteiger partial charge in [-0.05, 0) is 29.5 Å². The van der Waals surface area contributed by atoms with Crippen LogP contribution in [0.4, 0.5) is 0 Å². The lowest BCUT2D eigenvalue weighted by Gasteiger charge is -2.03. The van der Waals surface area contributed by atoms with Gasteiger partial charge in [-0.1, -0.05) is 18.2 Å². The van der Waals surface area contributed by atoms with E-state index in [2.05, 4.69) is 25.6 Å². The van der Waals surface area contributed by atoms with Crippen molar-refractivity contribution in [2.45, 2.75) is 6.92 Å². The molecule has 0 radical (unpaired) electrons. The zero-order valence-corrected chi connectivity index (χ0v) is 10.1. The van der Waals surface area contributed by atoms with Crippen molar-refractivity contribution in [3.8, 4) is 5.69 Å². The molecule has 0 bridgehead atoms. The summed E-state index contributed by atoms with van der Waals surface area (Å²) in [6.45, 7) is 1.87. The summed E-state index contributed by atoms with van der Waals surface area (Å²) < 4.78 is 3.40. The van der Waals surface area contributed by atoms with Gasteiger partial charge in [-0.15, -0.1) is 5.10 Å². The van der Waals surface area contributed by atoms with Crippen LogP contribution < -0.4 is 0 Å². The molecule has 7 heteroatoms. The number of hydrogen-bond donors (Lipinski definition) is 0. The molecule has 1 aromatic carbocycles. The van der Waals surface area contributed by atoms with Crippen molar-refractivity contribution in [3.63, 3.8) is 0 Å². The molecule has 92 valence electrons. The summed E-state index contributed by atoms with van der Waals surface area (Å²) in [5, 5.41) is 16.8. The Morgan fingerprint density at radius 2 is 1.89 bits per heavy atom. The molecule has 0 aliphatic carbocycles. The van der Waals surface area contributed by atoms with Gasteiger partial charge in [0.25, 0.3) is 0 Å². The van der Waals surface area contributed by atoms with Crippen molar-refractivity contribution in [2.24, 2.45) is 0 Å². The molecule has 0 fully saturated rings. The molecule has 3 heterocycles. The molecule has 0 saturated carbocycles. The quantitative estimate of drug-likeness (QED) is 0.507. The highest BCUT2D eigenvalue weighted by Crippen LogP contribution is 2.19. The van der Waals surface area contributed by atoms with Gasteiger partial charge in [-0.2, -0.15) is 9.61 Å². The van der Waals surface area contributed by atoms with Crippen molar-refractivity contribution in [1.29, 1.82) is 0 Å². The number of tetrazole rings is 1. The van der Waals surface area contributed by atoms with Crippen molar-refractivity contribution in [2.75, 3.05) is 0 Å². The largest absolute Gasteiger partial charge is 0.215 e. The summed E-state index contributed by atoms with van der Waals surface area (Å²) in [5.74, 6) is 0.727. The van der Waals surface area contributed by atoms with Crippen LogP contribution in [-0.4, -0.2) is 34.8 Å². The van der Waals surface area contributed by atoms with Gasteiger partial charge in [-0.25, -0.2) is 9.67 Å². The molecule has 3 aromatic heterocycles. The molecule has 0 aliphatic rings. The Morgan fingerprint density at radius 3 is 2.74 bits per heavy atom. The lowest BCUT2D eigenvalue weighted by Crippen LogP contribution is -2.02. The average Bonchev–Trinajstić information content (AvgIpc) is 3.05. The Balaban J connectivity index is 2.12. The molecule has 0 aliphatic heterocycles. The second-order valence-electron chi connectivity index (χ2n) is 4.20. The Kier molecular flexibility index (Phi) is 1.91. The number of aromatic nitrogens is 7. The predicted octanol–water partition coefficient (Wildman–Crippen LogP) is 1.17. The van der Waals surface area contributed by atoms with Crippen LogP contribution in [0.1, 0.15) is 5.82 Å². The fraction of sp³-hybridized carbons (Fsp3) is 0.0833. The van der Waals surface area contributed by atoms with Crippen LogP contribution in [0, 0.1) is 6.92 Å². The van der Waals surface area contributed by atoms with Crippen LogP contribution in [0.15, 0.2) is 36.5 Å². The Bertz CT molecular complexity index is 875. The van der Waals surface area contributed by atoms with E-state index in [1.807, 2.05) is 37.3 Å². The van der Waals surface area contributed by atoms with E-state index in [1.54, 1.807) is 15.4 Å². The Labute approximate surface area is 107 Å². The number of para-hydroxylation sites is 1. The monoisotopic (exact) mass is 251 g/mol. The first-order valence-electron chi connectivity index (χ1n) is 5.82.